The third kappa shape index (κ3) is 4.62. The molecule has 1 aromatic rings. The summed E-state index contributed by atoms with van der Waals surface area (Å²) in [5.41, 5.74) is 0.578. The Morgan fingerprint density at radius 1 is 1.26 bits per heavy atom. The average Bonchev–Trinajstić information content (AvgIpc) is 2.41. The van der Waals surface area contributed by atoms with Gasteiger partial charge in [-0.25, -0.2) is 13.3 Å². The molecule has 7 heteroatoms. The van der Waals surface area contributed by atoms with Crippen molar-refractivity contribution in [2.45, 2.75) is 37.5 Å². The lowest BCUT2D eigenvalue weighted by Crippen LogP contribution is -2.26. The Hall–Kier alpha value is -1.44. The van der Waals surface area contributed by atoms with Crippen molar-refractivity contribution in [2.24, 2.45) is 0 Å². The highest BCUT2D eigenvalue weighted by Gasteiger charge is 2.29. The van der Waals surface area contributed by atoms with Gasteiger partial charge in [0, 0.05) is 0 Å². The molecule has 2 N–H and O–H groups in total. The molecule has 0 fully saturated rings. The van der Waals surface area contributed by atoms with E-state index in [1.54, 1.807) is 0 Å². The van der Waals surface area contributed by atoms with Gasteiger partial charge in [0.2, 0.25) is 0 Å². The van der Waals surface area contributed by atoms with E-state index in [4.69, 9.17) is 10.4 Å². The first-order valence-corrected chi connectivity index (χ1v) is 7.26. The first kappa shape index (κ1) is 17.6. The molecule has 0 aliphatic rings. The van der Waals surface area contributed by atoms with Gasteiger partial charge >= 0.3 is 5.97 Å². The Labute approximate surface area is 112 Å². The van der Waals surface area contributed by atoms with Gasteiger partial charge in [-0.1, -0.05) is 26.0 Å². The molecule has 1 rings (SSSR count). The van der Waals surface area contributed by atoms with Crippen molar-refractivity contribution in [3.05, 3.63) is 29.8 Å². The van der Waals surface area contributed by atoms with Crippen LogP contribution in [0.3, 0.4) is 0 Å². The van der Waals surface area contributed by atoms with Crippen LogP contribution in [0, 0.1) is 0 Å². The third-order valence-electron chi connectivity index (χ3n) is 2.30. The number of benzene rings is 1. The highest BCUT2D eigenvalue weighted by Crippen LogP contribution is 2.17. The van der Waals surface area contributed by atoms with Crippen LogP contribution in [-0.2, 0) is 26.1 Å². The summed E-state index contributed by atoms with van der Waals surface area (Å²) >= 11 is 0. The van der Waals surface area contributed by atoms with Crippen LogP contribution in [0.15, 0.2) is 29.2 Å². The molecule has 0 aromatic heterocycles. The van der Waals surface area contributed by atoms with Crippen LogP contribution in [0.1, 0.15) is 26.3 Å². The normalized spacial score (nSPS) is 12.2. The lowest BCUT2D eigenvalue weighted by molar-refractivity contribution is -0.253. The molecule has 0 amide bonds. The standard InChI is InChI=1S/C10H12O6S.C2H6/c1-7(10(11)12)17(14,15)9-4-2-8(3-5-9)6-16-13;1-2/h2-5,7,13H,6H2,1H3,(H,11,12);1-2H3. The third-order valence-corrected chi connectivity index (χ3v) is 4.36. The molecule has 0 aliphatic carbocycles. The summed E-state index contributed by atoms with van der Waals surface area (Å²) in [7, 11) is -3.87. The van der Waals surface area contributed by atoms with Gasteiger partial charge in [-0.3, -0.25) is 10.1 Å². The Kier molecular flexibility index (Phi) is 7.28. The first-order valence-electron chi connectivity index (χ1n) is 5.71. The van der Waals surface area contributed by atoms with Crippen molar-refractivity contribution in [1.29, 1.82) is 0 Å². The predicted molar refractivity (Wildman–Crippen MR) is 69.5 cm³/mol. The fourth-order valence-corrected chi connectivity index (χ4v) is 2.38. The van der Waals surface area contributed by atoms with Crippen molar-refractivity contribution in [2.75, 3.05) is 0 Å². The molecule has 0 spiro atoms. The molecule has 19 heavy (non-hydrogen) atoms. The second kappa shape index (κ2) is 7.88. The van der Waals surface area contributed by atoms with E-state index in [0.29, 0.717) is 5.56 Å². The van der Waals surface area contributed by atoms with Gasteiger partial charge in [0.1, 0.15) is 6.61 Å². The molecular formula is C12H18O6S. The minimum absolute atomic E-state index is 0.0607. The van der Waals surface area contributed by atoms with E-state index in [1.165, 1.54) is 24.3 Å². The molecule has 0 heterocycles. The van der Waals surface area contributed by atoms with E-state index in [9.17, 15) is 13.2 Å². The Bertz CT molecular complexity index is 491. The van der Waals surface area contributed by atoms with Crippen LogP contribution in [0.25, 0.3) is 0 Å². The Morgan fingerprint density at radius 3 is 2.11 bits per heavy atom. The van der Waals surface area contributed by atoms with Gasteiger partial charge < -0.3 is 5.11 Å². The SMILES string of the molecule is CC.CC(C(=O)O)S(=O)(=O)c1ccc(COO)cc1. The molecule has 0 saturated heterocycles. The zero-order valence-corrected chi connectivity index (χ0v) is 11.8. The lowest BCUT2D eigenvalue weighted by atomic mass is 10.2. The van der Waals surface area contributed by atoms with E-state index in [-0.39, 0.29) is 11.5 Å². The monoisotopic (exact) mass is 290 g/mol. The van der Waals surface area contributed by atoms with E-state index >= 15 is 0 Å². The van der Waals surface area contributed by atoms with Crippen LogP contribution in [0.2, 0.25) is 0 Å². The van der Waals surface area contributed by atoms with Crippen LogP contribution in [0.5, 0.6) is 0 Å². The molecule has 1 atom stereocenters. The Morgan fingerprint density at radius 2 is 1.74 bits per heavy atom. The average molecular weight is 290 g/mol. The highest BCUT2D eigenvalue weighted by atomic mass is 32.2. The van der Waals surface area contributed by atoms with E-state index in [0.717, 1.165) is 6.92 Å². The molecule has 0 saturated carbocycles. The van der Waals surface area contributed by atoms with Gasteiger partial charge in [0.05, 0.1) is 4.90 Å². The Balaban J connectivity index is 0.00000154. The summed E-state index contributed by atoms with van der Waals surface area (Å²) in [5.74, 6) is -1.40. The fraction of sp³-hybridized carbons (Fsp3) is 0.417. The lowest BCUT2D eigenvalue weighted by Gasteiger charge is -2.08. The minimum Gasteiger partial charge on any atom is -0.480 e. The number of hydrogen-bond acceptors (Lipinski definition) is 5. The summed E-state index contributed by atoms with van der Waals surface area (Å²) in [6, 6.07) is 5.45. The first-order chi connectivity index (χ1) is 8.89. The number of aliphatic carboxylic acids is 1. The van der Waals surface area contributed by atoms with Crippen molar-refractivity contribution in [3.63, 3.8) is 0 Å². The van der Waals surface area contributed by atoms with Gasteiger partial charge in [-0.15, -0.1) is 0 Å². The molecular weight excluding hydrogens is 272 g/mol. The summed E-state index contributed by atoms with van der Waals surface area (Å²) in [6.45, 7) is 5.05. The number of sulfone groups is 1. The van der Waals surface area contributed by atoms with Crippen molar-refractivity contribution < 1.29 is 28.5 Å². The van der Waals surface area contributed by atoms with Gasteiger partial charge in [-0.05, 0) is 24.6 Å². The van der Waals surface area contributed by atoms with Crippen molar-refractivity contribution in [3.8, 4) is 0 Å². The topological polar surface area (TPSA) is 101 Å². The quantitative estimate of drug-likeness (QED) is 0.635. The maximum Gasteiger partial charge on any atom is 0.321 e. The van der Waals surface area contributed by atoms with E-state index in [2.05, 4.69) is 4.89 Å². The number of carboxylic acids is 1. The number of rotatable bonds is 5. The van der Waals surface area contributed by atoms with Crippen LogP contribution in [-0.4, -0.2) is 30.0 Å². The largest absolute Gasteiger partial charge is 0.480 e. The summed E-state index contributed by atoms with van der Waals surface area (Å²) in [5, 5.41) is 15.4. The fourth-order valence-electron chi connectivity index (χ4n) is 1.19. The molecule has 1 aromatic carbocycles. The maximum absolute atomic E-state index is 11.8. The predicted octanol–water partition coefficient (Wildman–Crippen LogP) is 1.95. The zero-order valence-electron chi connectivity index (χ0n) is 11.0. The number of carbonyl (C=O) groups is 1. The van der Waals surface area contributed by atoms with Crippen LogP contribution in [0.4, 0.5) is 0 Å². The van der Waals surface area contributed by atoms with E-state index < -0.39 is 21.1 Å². The maximum atomic E-state index is 11.8. The molecule has 0 bridgehead atoms. The van der Waals surface area contributed by atoms with Gasteiger partial charge in [0.25, 0.3) is 0 Å². The van der Waals surface area contributed by atoms with Gasteiger partial charge in [0.15, 0.2) is 15.1 Å². The molecule has 108 valence electrons. The number of carboxylic acid groups (broad SMARTS) is 1. The van der Waals surface area contributed by atoms with E-state index in [1.807, 2.05) is 13.8 Å². The van der Waals surface area contributed by atoms with Gasteiger partial charge in [-0.2, -0.15) is 0 Å². The summed E-state index contributed by atoms with van der Waals surface area (Å²) < 4.78 is 23.6. The van der Waals surface area contributed by atoms with Crippen LogP contribution < -0.4 is 0 Å². The second-order valence-electron chi connectivity index (χ2n) is 3.44. The zero-order chi connectivity index (χ0) is 15.1. The smallest absolute Gasteiger partial charge is 0.321 e. The molecule has 1 unspecified atom stereocenters. The summed E-state index contributed by atoms with van der Waals surface area (Å²) in [6.07, 6.45) is 0. The van der Waals surface area contributed by atoms with Crippen molar-refractivity contribution >= 4 is 15.8 Å². The van der Waals surface area contributed by atoms with Crippen LogP contribution >= 0.6 is 0 Å². The second-order valence-corrected chi connectivity index (χ2v) is 5.71. The summed E-state index contributed by atoms with van der Waals surface area (Å²) in [4.78, 5) is 14.5. The molecule has 0 radical (unpaired) electrons. The number of hydrogen-bond donors (Lipinski definition) is 2. The molecule has 6 nitrogen and oxygen atoms in total. The van der Waals surface area contributed by atoms with Crippen molar-refractivity contribution in [1.82, 2.24) is 0 Å². The highest BCUT2D eigenvalue weighted by molar-refractivity contribution is 7.92. The molecule has 0 aliphatic heterocycles. The minimum atomic E-state index is -3.87.